The summed E-state index contributed by atoms with van der Waals surface area (Å²) in [4.78, 5) is 8.12. The van der Waals surface area contributed by atoms with E-state index in [0.717, 1.165) is 29.8 Å². The highest BCUT2D eigenvalue weighted by atomic mass is 15.2. The van der Waals surface area contributed by atoms with Crippen LogP contribution in [0.4, 0.5) is 0 Å². The Hall–Kier alpha value is -0.120. The van der Waals surface area contributed by atoms with Crippen molar-refractivity contribution in [2.75, 3.05) is 46.3 Å². The highest BCUT2D eigenvalue weighted by Crippen LogP contribution is 2.43. The predicted molar refractivity (Wildman–Crippen MR) is 82.8 cm³/mol. The number of hydrogen-bond acceptors (Lipinski definition) is 3. The number of piperidine rings is 1. The van der Waals surface area contributed by atoms with Gasteiger partial charge in [0.2, 0.25) is 0 Å². The van der Waals surface area contributed by atoms with Gasteiger partial charge in [0.05, 0.1) is 0 Å². The Morgan fingerprint density at radius 3 is 1.85 bits per heavy atom. The molecule has 2 unspecified atom stereocenters. The summed E-state index contributed by atoms with van der Waals surface area (Å²) in [6.45, 7) is 10.6. The van der Waals surface area contributed by atoms with E-state index in [4.69, 9.17) is 0 Å². The van der Waals surface area contributed by atoms with Gasteiger partial charge >= 0.3 is 0 Å². The summed E-state index contributed by atoms with van der Waals surface area (Å²) in [5.74, 6) is 3.01. The molecule has 0 aromatic heterocycles. The molecule has 0 spiro atoms. The van der Waals surface area contributed by atoms with Gasteiger partial charge in [-0.25, -0.2) is 0 Å². The minimum Gasteiger partial charge on any atom is -0.306 e. The van der Waals surface area contributed by atoms with E-state index in [1.165, 1.54) is 65.0 Å². The summed E-state index contributed by atoms with van der Waals surface area (Å²) >= 11 is 0. The first kappa shape index (κ1) is 13.5. The molecule has 4 fully saturated rings. The van der Waals surface area contributed by atoms with Crippen LogP contribution >= 0.6 is 0 Å². The van der Waals surface area contributed by atoms with Crippen LogP contribution in [0.1, 0.15) is 32.6 Å². The highest BCUT2D eigenvalue weighted by molar-refractivity contribution is 4.99. The third-order valence-corrected chi connectivity index (χ3v) is 6.57. The maximum Gasteiger partial charge on any atom is 0.0120 e. The van der Waals surface area contributed by atoms with E-state index in [0.29, 0.717) is 0 Å². The molecule has 0 aromatic rings. The first-order chi connectivity index (χ1) is 9.69. The quantitative estimate of drug-likeness (QED) is 0.761. The fourth-order valence-corrected chi connectivity index (χ4v) is 5.31. The van der Waals surface area contributed by atoms with Crippen molar-refractivity contribution in [1.29, 1.82) is 0 Å². The fourth-order valence-electron chi connectivity index (χ4n) is 5.31. The first-order valence-corrected chi connectivity index (χ1v) is 8.85. The Balaban J connectivity index is 1.28. The summed E-state index contributed by atoms with van der Waals surface area (Å²) in [7, 11) is 2.27. The molecule has 20 heavy (non-hydrogen) atoms. The Kier molecular flexibility index (Phi) is 3.56. The third kappa shape index (κ3) is 2.42. The number of rotatable bonds is 2. The van der Waals surface area contributed by atoms with Gasteiger partial charge in [0, 0.05) is 38.3 Å². The van der Waals surface area contributed by atoms with Crippen LogP contribution in [-0.4, -0.2) is 73.1 Å². The van der Waals surface area contributed by atoms with Crippen molar-refractivity contribution in [2.45, 2.75) is 44.7 Å². The molecule has 1 aliphatic carbocycles. The minimum atomic E-state index is 0.902. The SMILES string of the molecule is CC1CN(C2CC3CN(C4CCN(C)CC4)CC3C2)C1. The second kappa shape index (κ2) is 5.26. The molecule has 1 saturated carbocycles. The summed E-state index contributed by atoms with van der Waals surface area (Å²) in [5, 5.41) is 0. The standard InChI is InChI=1S/C17H31N3/c1-13-9-19(10-13)17-7-14-11-20(12-15(14)8-17)16-3-5-18(2)6-4-16/h13-17H,3-12H2,1-2H3. The molecule has 0 N–H and O–H groups in total. The Morgan fingerprint density at radius 2 is 1.30 bits per heavy atom. The number of hydrogen-bond donors (Lipinski definition) is 0. The second-order valence-electron chi connectivity index (χ2n) is 8.19. The van der Waals surface area contributed by atoms with Crippen LogP contribution in [0.2, 0.25) is 0 Å². The zero-order chi connectivity index (χ0) is 13.7. The van der Waals surface area contributed by atoms with Gasteiger partial charge in [0.25, 0.3) is 0 Å². The molecule has 114 valence electrons. The molecule has 3 heteroatoms. The zero-order valence-corrected chi connectivity index (χ0v) is 13.3. The van der Waals surface area contributed by atoms with Crippen LogP contribution in [0.5, 0.6) is 0 Å². The second-order valence-corrected chi connectivity index (χ2v) is 8.19. The molecule has 4 aliphatic rings. The van der Waals surface area contributed by atoms with Gasteiger partial charge in [-0.3, -0.25) is 9.80 Å². The highest BCUT2D eigenvalue weighted by Gasteiger charge is 2.45. The van der Waals surface area contributed by atoms with Crippen molar-refractivity contribution in [2.24, 2.45) is 17.8 Å². The van der Waals surface area contributed by atoms with Gasteiger partial charge in [0.1, 0.15) is 0 Å². The van der Waals surface area contributed by atoms with Crippen LogP contribution < -0.4 is 0 Å². The predicted octanol–water partition coefficient (Wildman–Crippen LogP) is 1.74. The van der Waals surface area contributed by atoms with Gasteiger partial charge in [-0.1, -0.05) is 6.92 Å². The van der Waals surface area contributed by atoms with E-state index >= 15 is 0 Å². The van der Waals surface area contributed by atoms with Crippen molar-refractivity contribution >= 4 is 0 Å². The molecule has 0 bridgehead atoms. The molecular formula is C17H31N3. The number of nitrogens with zero attached hydrogens (tertiary/aromatic N) is 3. The summed E-state index contributed by atoms with van der Waals surface area (Å²) in [6.07, 6.45) is 5.81. The fraction of sp³-hybridized carbons (Fsp3) is 1.00. The van der Waals surface area contributed by atoms with Crippen LogP contribution in [-0.2, 0) is 0 Å². The van der Waals surface area contributed by atoms with E-state index < -0.39 is 0 Å². The van der Waals surface area contributed by atoms with Crippen molar-refractivity contribution in [3.63, 3.8) is 0 Å². The topological polar surface area (TPSA) is 9.72 Å². The maximum absolute atomic E-state index is 2.86. The van der Waals surface area contributed by atoms with Crippen LogP contribution in [0, 0.1) is 17.8 Å². The van der Waals surface area contributed by atoms with Crippen molar-refractivity contribution in [3.05, 3.63) is 0 Å². The van der Waals surface area contributed by atoms with E-state index in [1.54, 1.807) is 0 Å². The Bertz CT molecular complexity index is 330. The lowest BCUT2D eigenvalue weighted by Crippen LogP contribution is -2.50. The summed E-state index contributed by atoms with van der Waals surface area (Å²) in [6, 6.07) is 1.85. The molecule has 2 atom stereocenters. The lowest BCUT2D eigenvalue weighted by atomic mass is 9.98. The molecule has 4 rings (SSSR count). The van der Waals surface area contributed by atoms with E-state index in [9.17, 15) is 0 Å². The monoisotopic (exact) mass is 277 g/mol. The molecule has 3 nitrogen and oxygen atoms in total. The maximum atomic E-state index is 2.86. The van der Waals surface area contributed by atoms with Crippen LogP contribution in [0.25, 0.3) is 0 Å². The first-order valence-electron chi connectivity index (χ1n) is 8.85. The van der Waals surface area contributed by atoms with Gasteiger partial charge in [-0.05, 0) is 63.6 Å². The Morgan fingerprint density at radius 1 is 0.750 bits per heavy atom. The van der Waals surface area contributed by atoms with Crippen LogP contribution in [0.15, 0.2) is 0 Å². The molecular weight excluding hydrogens is 246 g/mol. The molecule has 3 saturated heterocycles. The van der Waals surface area contributed by atoms with E-state index in [1.807, 2.05) is 0 Å². The number of fused-ring (bicyclic) bond motifs is 1. The van der Waals surface area contributed by atoms with Crippen molar-refractivity contribution < 1.29 is 0 Å². The number of likely N-dealkylation sites (tertiary alicyclic amines) is 3. The van der Waals surface area contributed by atoms with Gasteiger partial charge in [0.15, 0.2) is 0 Å². The normalized spacial score (nSPS) is 42.0. The minimum absolute atomic E-state index is 0.902. The molecule has 3 heterocycles. The van der Waals surface area contributed by atoms with Crippen molar-refractivity contribution in [3.8, 4) is 0 Å². The average Bonchev–Trinajstić information content (AvgIpc) is 2.94. The third-order valence-electron chi connectivity index (χ3n) is 6.57. The summed E-state index contributed by atoms with van der Waals surface area (Å²) in [5.41, 5.74) is 0. The molecule has 0 amide bonds. The van der Waals surface area contributed by atoms with Gasteiger partial charge < -0.3 is 4.90 Å². The lowest BCUT2D eigenvalue weighted by molar-refractivity contribution is 0.0561. The van der Waals surface area contributed by atoms with E-state index in [2.05, 4.69) is 28.7 Å². The lowest BCUT2D eigenvalue weighted by Gasteiger charge is -2.42. The van der Waals surface area contributed by atoms with Crippen LogP contribution in [0.3, 0.4) is 0 Å². The smallest absolute Gasteiger partial charge is 0.0120 e. The largest absolute Gasteiger partial charge is 0.306 e. The zero-order valence-electron chi connectivity index (χ0n) is 13.3. The van der Waals surface area contributed by atoms with Gasteiger partial charge in [-0.15, -0.1) is 0 Å². The molecule has 0 radical (unpaired) electrons. The molecule has 3 aliphatic heterocycles. The summed E-state index contributed by atoms with van der Waals surface area (Å²) < 4.78 is 0. The van der Waals surface area contributed by atoms with Gasteiger partial charge in [-0.2, -0.15) is 0 Å². The average molecular weight is 277 g/mol. The van der Waals surface area contributed by atoms with E-state index in [-0.39, 0.29) is 0 Å². The Labute approximate surface area is 124 Å². The molecule has 0 aromatic carbocycles. The van der Waals surface area contributed by atoms with Crippen molar-refractivity contribution in [1.82, 2.24) is 14.7 Å².